The summed E-state index contributed by atoms with van der Waals surface area (Å²) in [5.74, 6) is 0.371. The predicted molar refractivity (Wildman–Crippen MR) is 96.3 cm³/mol. The quantitative estimate of drug-likeness (QED) is 0.329. The van der Waals surface area contributed by atoms with E-state index in [1.54, 1.807) is 0 Å². The molecule has 1 aliphatic carbocycles. The Morgan fingerprint density at radius 2 is 1.96 bits per heavy atom. The highest BCUT2D eigenvalue weighted by Gasteiger charge is 2.14. The molecule has 1 aliphatic rings. The molecule has 0 saturated heterocycles. The second-order valence-electron chi connectivity index (χ2n) is 5.80. The van der Waals surface area contributed by atoms with Crippen LogP contribution in [0.3, 0.4) is 0 Å². The van der Waals surface area contributed by atoms with Gasteiger partial charge in [0.25, 0.3) is 5.91 Å². The SMILES string of the molecule is Cl.O=C(/C=C/c1cnc(NCC(=O)NCC2CCCCC2)cn1)NO. The van der Waals surface area contributed by atoms with Gasteiger partial charge in [0.2, 0.25) is 5.91 Å². The van der Waals surface area contributed by atoms with E-state index in [1.807, 2.05) is 0 Å². The van der Waals surface area contributed by atoms with Gasteiger partial charge in [0, 0.05) is 12.6 Å². The summed E-state index contributed by atoms with van der Waals surface area (Å²) in [7, 11) is 0. The molecule has 1 aromatic rings. The number of anilines is 1. The van der Waals surface area contributed by atoms with Crippen LogP contribution in [0.4, 0.5) is 5.82 Å². The van der Waals surface area contributed by atoms with Crippen LogP contribution in [0, 0.1) is 5.92 Å². The van der Waals surface area contributed by atoms with Crippen LogP contribution in [-0.2, 0) is 9.59 Å². The minimum Gasteiger partial charge on any atom is -0.360 e. The molecule has 0 radical (unpaired) electrons. The molecule has 1 aromatic heterocycles. The molecule has 1 fully saturated rings. The number of carbonyl (C=O) groups excluding carboxylic acids is 2. The third-order valence-corrected chi connectivity index (χ3v) is 3.93. The molecule has 1 saturated carbocycles. The normalized spacial score (nSPS) is 14.6. The molecule has 4 N–H and O–H groups in total. The summed E-state index contributed by atoms with van der Waals surface area (Å²) in [4.78, 5) is 30.9. The molecule has 0 atom stereocenters. The van der Waals surface area contributed by atoms with Gasteiger partial charge in [-0.2, -0.15) is 0 Å². The van der Waals surface area contributed by atoms with Crippen molar-refractivity contribution in [3.63, 3.8) is 0 Å². The lowest BCUT2D eigenvalue weighted by atomic mass is 9.89. The minimum absolute atomic E-state index is 0. The van der Waals surface area contributed by atoms with Crippen molar-refractivity contribution in [1.29, 1.82) is 0 Å². The molecule has 9 heteroatoms. The number of nitrogens with one attached hydrogen (secondary N) is 3. The number of rotatable bonds is 7. The second-order valence-corrected chi connectivity index (χ2v) is 5.80. The first kappa shape index (κ1) is 20.9. The minimum atomic E-state index is -0.645. The number of hydrogen-bond acceptors (Lipinski definition) is 6. The van der Waals surface area contributed by atoms with E-state index in [1.165, 1.54) is 56.1 Å². The molecule has 1 heterocycles. The van der Waals surface area contributed by atoms with E-state index in [4.69, 9.17) is 5.21 Å². The first-order valence-electron chi connectivity index (χ1n) is 8.12. The van der Waals surface area contributed by atoms with E-state index in [0.29, 0.717) is 17.4 Å². The van der Waals surface area contributed by atoms with Gasteiger partial charge in [-0.05, 0) is 24.8 Å². The maximum absolute atomic E-state index is 11.8. The Hall–Kier alpha value is -2.19. The van der Waals surface area contributed by atoms with Crippen molar-refractivity contribution in [1.82, 2.24) is 20.8 Å². The Morgan fingerprint density at radius 1 is 1.20 bits per heavy atom. The number of halogens is 1. The van der Waals surface area contributed by atoms with Crippen molar-refractivity contribution in [2.75, 3.05) is 18.4 Å². The monoisotopic (exact) mass is 369 g/mol. The van der Waals surface area contributed by atoms with Crippen LogP contribution >= 0.6 is 12.4 Å². The fraction of sp³-hybridized carbons (Fsp3) is 0.500. The Kier molecular flexibility index (Phi) is 9.49. The summed E-state index contributed by atoms with van der Waals surface area (Å²) < 4.78 is 0. The van der Waals surface area contributed by atoms with E-state index in [-0.39, 0.29) is 24.9 Å². The average Bonchev–Trinajstić information content (AvgIpc) is 2.64. The van der Waals surface area contributed by atoms with E-state index >= 15 is 0 Å². The van der Waals surface area contributed by atoms with Gasteiger partial charge < -0.3 is 10.6 Å². The highest BCUT2D eigenvalue weighted by molar-refractivity contribution is 5.90. The lowest BCUT2D eigenvalue weighted by Crippen LogP contribution is -2.34. The van der Waals surface area contributed by atoms with Gasteiger partial charge in [0.15, 0.2) is 0 Å². The second kappa shape index (κ2) is 11.4. The molecule has 0 unspecified atom stereocenters. The van der Waals surface area contributed by atoms with Crippen LogP contribution in [-0.4, -0.2) is 40.1 Å². The molecular formula is C16H24ClN5O3. The van der Waals surface area contributed by atoms with Crippen molar-refractivity contribution in [3.05, 3.63) is 24.2 Å². The van der Waals surface area contributed by atoms with Crippen molar-refractivity contribution >= 4 is 36.1 Å². The number of hydroxylamine groups is 1. The summed E-state index contributed by atoms with van der Waals surface area (Å²) in [5, 5.41) is 14.2. The van der Waals surface area contributed by atoms with Gasteiger partial charge >= 0.3 is 0 Å². The van der Waals surface area contributed by atoms with Crippen LogP contribution in [0.15, 0.2) is 18.5 Å². The first-order chi connectivity index (χ1) is 11.7. The largest absolute Gasteiger partial charge is 0.360 e. The number of amides is 2. The Morgan fingerprint density at radius 3 is 2.60 bits per heavy atom. The summed E-state index contributed by atoms with van der Waals surface area (Å²) in [6, 6.07) is 0. The maximum atomic E-state index is 11.8. The van der Waals surface area contributed by atoms with E-state index in [9.17, 15) is 9.59 Å². The maximum Gasteiger partial charge on any atom is 0.267 e. The van der Waals surface area contributed by atoms with Crippen LogP contribution in [0.2, 0.25) is 0 Å². The molecule has 25 heavy (non-hydrogen) atoms. The van der Waals surface area contributed by atoms with Gasteiger partial charge in [-0.3, -0.25) is 19.8 Å². The first-order valence-corrected chi connectivity index (χ1v) is 8.12. The summed E-state index contributed by atoms with van der Waals surface area (Å²) in [6.45, 7) is 0.881. The molecule has 0 bridgehead atoms. The van der Waals surface area contributed by atoms with Crippen molar-refractivity contribution in [2.45, 2.75) is 32.1 Å². The fourth-order valence-corrected chi connectivity index (χ4v) is 2.60. The number of hydrogen-bond donors (Lipinski definition) is 4. The van der Waals surface area contributed by atoms with Crippen LogP contribution in [0.25, 0.3) is 6.08 Å². The third kappa shape index (κ3) is 7.95. The zero-order valence-corrected chi connectivity index (χ0v) is 14.7. The van der Waals surface area contributed by atoms with Gasteiger partial charge in [0.05, 0.1) is 24.6 Å². The molecule has 0 aliphatic heterocycles. The summed E-state index contributed by atoms with van der Waals surface area (Å²) >= 11 is 0. The smallest absolute Gasteiger partial charge is 0.267 e. The van der Waals surface area contributed by atoms with E-state index < -0.39 is 5.91 Å². The number of carbonyl (C=O) groups is 2. The topological polar surface area (TPSA) is 116 Å². The molecule has 8 nitrogen and oxygen atoms in total. The lowest BCUT2D eigenvalue weighted by Gasteiger charge is -2.21. The summed E-state index contributed by atoms with van der Waals surface area (Å²) in [6.07, 6.45) is 11.7. The number of aromatic nitrogens is 2. The Bertz CT molecular complexity index is 574. The zero-order chi connectivity index (χ0) is 17.2. The van der Waals surface area contributed by atoms with Crippen LogP contribution < -0.4 is 16.1 Å². The number of nitrogens with zero attached hydrogens (tertiary/aromatic N) is 2. The molecule has 138 valence electrons. The third-order valence-electron chi connectivity index (χ3n) is 3.93. The van der Waals surface area contributed by atoms with E-state index in [0.717, 1.165) is 12.6 Å². The molecule has 0 aromatic carbocycles. The van der Waals surface area contributed by atoms with Gasteiger partial charge in [-0.1, -0.05) is 19.3 Å². The standard InChI is InChI=1S/C16H23N5O3.ClH/c22-15(21-24)7-6-13-9-18-14(10-17-13)19-11-16(23)20-8-12-4-2-1-3-5-12;/h6-7,9-10,12,24H,1-5,8,11H2,(H,18,19)(H,20,23)(H,21,22);1H/b7-6+;. The molecule has 2 rings (SSSR count). The highest BCUT2D eigenvalue weighted by Crippen LogP contribution is 2.22. The predicted octanol–water partition coefficient (Wildman–Crippen LogP) is 1.53. The van der Waals surface area contributed by atoms with Gasteiger partial charge in [0.1, 0.15) is 5.82 Å². The summed E-state index contributed by atoms with van der Waals surface area (Å²) in [5.41, 5.74) is 1.95. The fourth-order valence-electron chi connectivity index (χ4n) is 2.60. The van der Waals surface area contributed by atoms with Gasteiger partial charge in [-0.25, -0.2) is 10.5 Å². The Labute approximate surface area is 152 Å². The van der Waals surface area contributed by atoms with Crippen LogP contribution in [0.5, 0.6) is 0 Å². The Balaban J connectivity index is 0.00000312. The zero-order valence-electron chi connectivity index (χ0n) is 13.9. The lowest BCUT2D eigenvalue weighted by molar-refractivity contribution is -0.124. The molecule has 0 spiro atoms. The molecule has 2 amide bonds. The highest BCUT2D eigenvalue weighted by atomic mass is 35.5. The average molecular weight is 370 g/mol. The molecular weight excluding hydrogens is 346 g/mol. The van der Waals surface area contributed by atoms with Crippen molar-refractivity contribution in [2.24, 2.45) is 5.92 Å². The van der Waals surface area contributed by atoms with Crippen molar-refractivity contribution in [3.8, 4) is 0 Å². The van der Waals surface area contributed by atoms with E-state index in [2.05, 4.69) is 20.6 Å². The van der Waals surface area contributed by atoms with Gasteiger partial charge in [-0.15, -0.1) is 12.4 Å². The van der Waals surface area contributed by atoms with Crippen LogP contribution in [0.1, 0.15) is 37.8 Å². The van der Waals surface area contributed by atoms with Crippen molar-refractivity contribution < 1.29 is 14.8 Å².